The van der Waals surface area contributed by atoms with Crippen molar-refractivity contribution in [2.75, 3.05) is 32.7 Å². The van der Waals surface area contributed by atoms with E-state index in [1.54, 1.807) is 12.1 Å². The van der Waals surface area contributed by atoms with Crippen molar-refractivity contribution in [3.63, 3.8) is 0 Å². The van der Waals surface area contributed by atoms with Crippen molar-refractivity contribution in [2.45, 2.75) is 11.3 Å². The second-order valence-electron chi connectivity index (χ2n) is 4.89. The third-order valence-electron chi connectivity index (χ3n) is 3.53. The molecule has 1 N–H and O–H groups in total. The molecule has 1 saturated heterocycles. The van der Waals surface area contributed by atoms with Crippen molar-refractivity contribution in [2.24, 2.45) is 0 Å². The quantitative estimate of drug-likeness (QED) is 0.827. The molecule has 0 unspecified atom stereocenters. The molecule has 1 heterocycles. The molecule has 21 heavy (non-hydrogen) atoms. The van der Waals surface area contributed by atoms with Gasteiger partial charge in [0.2, 0.25) is 10.0 Å². The van der Waals surface area contributed by atoms with E-state index >= 15 is 0 Å². The Balaban J connectivity index is 2.10. The topological polar surface area (TPSA) is 65.6 Å². The molecule has 0 aromatic heterocycles. The Labute approximate surface area is 138 Å². The van der Waals surface area contributed by atoms with Crippen LogP contribution in [0, 0.1) is 11.3 Å². The van der Waals surface area contributed by atoms with E-state index in [1.165, 1.54) is 15.3 Å². The highest BCUT2D eigenvalue weighted by molar-refractivity contribution is 9.10. The van der Waals surface area contributed by atoms with Crippen LogP contribution in [0.4, 0.5) is 0 Å². The molecule has 1 fully saturated rings. The number of nitriles is 1. The summed E-state index contributed by atoms with van der Waals surface area (Å²) in [5.74, 6) is 0. The van der Waals surface area contributed by atoms with E-state index in [2.05, 4.69) is 22.0 Å². The fraction of sp³-hybridized carbons (Fsp3) is 0.462. The van der Waals surface area contributed by atoms with Gasteiger partial charge in [0.15, 0.2) is 0 Å². The summed E-state index contributed by atoms with van der Waals surface area (Å²) in [7, 11) is -3.55. The molecule has 114 valence electrons. The van der Waals surface area contributed by atoms with Gasteiger partial charge in [0.25, 0.3) is 0 Å². The van der Waals surface area contributed by atoms with Gasteiger partial charge in [-0.15, -0.1) is 0 Å². The van der Waals surface area contributed by atoms with Gasteiger partial charge < -0.3 is 4.90 Å². The zero-order valence-corrected chi connectivity index (χ0v) is 14.5. The van der Waals surface area contributed by atoms with Gasteiger partial charge in [-0.25, -0.2) is 8.42 Å². The second kappa shape index (κ2) is 7.07. The summed E-state index contributed by atoms with van der Waals surface area (Å²) in [6.45, 7) is 3.11. The standard InChI is InChI=1S/C13H15BrClN3O2S/c14-11-2-3-13(12(15)10-11)21(19,20)18-8-6-17(7-9-18)5-1-4-16/h2-3,10H,1,5-9H2/p+1. The number of nitrogens with zero attached hydrogens (tertiary/aromatic N) is 2. The lowest BCUT2D eigenvalue weighted by Gasteiger charge is -2.31. The van der Waals surface area contributed by atoms with Crippen LogP contribution in [-0.2, 0) is 10.0 Å². The van der Waals surface area contributed by atoms with Crippen molar-refractivity contribution in [1.82, 2.24) is 4.31 Å². The highest BCUT2D eigenvalue weighted by Crippen LogP contribution is 2.27. The molecule has 1 aliphatic heterocycles. The molecule has 0 radical (unpaired) electrons. The summed E-state index contributed by atoms with van der Waals surface area (Å²) >= 11 is 9.32. The predicted molar refractivity (Wildman–Crippen MR) is 83.7 cm³/mol. The summed E-state index contributed by atoms with van der Waals surface area (Å²) in [4.78, 5) is 1.41. The molecular weight excluding hydrogens is 378 g/mol. The van der Waals surface area contributed by atoms with Crippen LogP contribution < -0.4 is 4.90 Å². The van der Waals surface area contributed by atoms with E-state index in [9.17, 15) is 8.42 Å². The number of sulfonamides is 1. The lowest BCUT2D eigenvalue weighted by atomic mass is 10.3. The van der Waals surface area contributed by atoms with Crippen molar-refractivity contribution < 1.29 is 13.3 Å². The van der Waals surface area contributed by atoms with Gasteiger partial charge >= 0.3 is 0 Å². The van der Waals surface area contributed by atoms with Gasteiger partial charge in [0.05, 0.1) is 50.2 Å². The van der Waals surface area contributed by atoms with Gasteiger partial charge in [-0.05, 0) is 18.2 Å². The number of hydrogen-bond donors (Lipinski definition) is 1. The molecule has 1 aromatic carbocycles. The number of benzene rings is 1. The molecule has 8 heteroatoms. The zero-order chi connectivity index (χ0) is 15.5. The minimum Gasteiger partial charge on any atom is -0.332 e. The highest BCUT2D eigenvalue weighted by Gasteiger charge is 2.31. The van der Waals surface area contributed by atoms with Gasteiger partial charge in [-0.1, -0.05) is 27.5 Å². The number of quaternary nitrogens is 1. The van der Waals surface area contributed by atoms with Gasteiger partial charge in [0.1, 0.15) is 4.90 Å². The van der Waals surface area contributed by atoms with Crippen molar-refractivity contribution in [3.8, 4) is 6.07 Å². The molecule has 0 bridgehead atoms. The van der Waals surface area contributed by atoms with E-state index in [4.69, 9.17) is 16.9 Å². The Bertz CT molecular complexity index is 652. The maximum absolute atomic E-state index is 12.6. The fourth-order valence-electron chi connectivity index (χ4n) is 2.35. The molecule has 1 aromatic rings. The van der Waals surface area contributed by atoms with Crippen LogP contribution >= 0.6 is 27.5 Å². The van der Waals surface area contributed by atoms with Crippen LogP contribution in [0.25, 0.3) is 0 Å². The van der Waals surface area contributed by atoms with Crippen LogP contribution in [0.1, 0.15) is 6.42 Å². The molecular formula is C13H16BrClN3O2S+. The molecule has 0 aliphatic carbocycles. The first-order chi connectivity index (χ1) is 9.95. The summed E-state index contributed by atoms with van der Waals surface area (Å²) in [5, 5.41) is 8.82. The van der Waals surface area contributed by atoms with Crippen molar-refractivity contribution in [1.29, 1.82) is 5.26 Å². The molecule has 2 rings (SSSR count). The summed E-state index contributed by atoms with van der Waals surface area (Å²) in [6.07, 6.45) is 0.501. The lowest BCUT2D eigenvalue weighted by Crippen LogP contribution is -3.14. The minimum atomic E-state index is -3.55. The SMILES string of the molecule is N#CCC[NH+]1CCN(S(=O)(=O)c2ccc(Br)cc2Cl)CC1. The van der Waals surface area contributed by atoms with Gasteiger partial charge in [-0.3, -0.25) is 0 Å². The number of rotatable bonds is 4. The third kappa shape index (κ3) is 3.96. The number of hydrogen-bond acceptors (Lipinski definition) is 3. The predicted octanol–water partition coefficient (Wildman–Crippen LogP) is 0.905. The Morgan fingerprint density at radius 1 is 1.38 bits per heavy atom. The van der Waals surface area contributed by atoms with Crippen molar-refractivity contribution >= 4 is 37.6 Å². The zero-order valence-electron chi connectivity index (χ0n) is 11.3. The Kier molecular flexibility index (Phi) is 5.63. The average Bonchev–Trinajstić information content (AvgIpc) is 2.45. The number of nitrogens with one attached hydrogen (secondary N) is 1. The lowest BCUT2D eigenvalue weighted by molar-refractivity contribution is -0.903. The van der Waals surface area contributed by atoms with E-state index in [0.717, 1.165) is 24.1 Å². The minimum absolute atomic E-state index is 0.146. The van der Waals surface area contributed by atoms with Crippen LogP contribution in [-0.4, -0.2) is 45.4 Å². The maximum atomic E-state index is 12.6. The molecule has 1 aliphatic rings. The maximum Gasteiger partial charge on any atom is 0.244 e. The van der Waals surface area contributed by atoms with E-state index in [1.807, 2.05) is 0 Å². The first-order valence-electron chi connectivity index (χ1n) is 6.61. The van der Waals surface area contributed by atoms with Crippen LogP contribution in [0.2, 0.25) is 5.02 Å². The van der Waals surface area contributed by atoms with Crippen LogP contribution in [0.5, 0.6) is 0 Å². The summed E-state index contributed by atoms with van der Waals surface area (Å²) in [5.41, 5.74) is 0. The Hall–Kier alpha value is -0.650. The van der Waals surface area contributed by atoms with Gasteiger partial charge in [0, 0.05) is 4.47 Å². The van der Waals surface area contributed by atoms with E-state index in [0.29, 0.717) is 19.5 Å². The van der Waals surface area contributed by atoms with Crippen molar-refractivity contribution in [3.05, 3.63) is 27.7 Å². The normalized spacial score (nSPS) is 17.6. The molecule has 0 amide bonds. The third-order valence-corrected chi connectivity index (χ3v) is 6.41. The average molecular weight is 394 g/mol. The van der Waals surface area contributed by atoms with E-state index in [-0.39, 0.29) is 9.92 Å². The first kappa shape index (κ1) is 16.7. The molecule has 0 atom stereocenters. The Morgan fingerprint density at radius 2 is 2.05 bits per heavy atom. The van der Waals surface area contributed by atoms with E-state index < -0.39 is 10.0 Å². The number of piperazine rings is 1. The Morgan fingerprint density at radius 3 is 2.62 bits per heavy atom. The largest absolute Gasteiger partial charge is 0.332 e. The number of halogens is 2. The second-order valence-corrected chi connectivity index (χ2v) is 8.12. The fourth-order valence-corrected chi connectivity index (χ4v) is 4.80. The van der Waals surface area contributed by atoms with Gasteiger partial charge in [-0.2, -0.15) is 9.57 Å². The van der Waals surface area contributed by atoms with Crippen LogP contribution in [0.3, 0.4) is 0 Å². The molecule has 0 spiro atoms. The smallest absolute Gasteiger partial charge is 0.244 e. The summed E-state index contributed by atoms with van der Waals surface area (Å²) in [6, 6.07) is 6.90. The molecule has 0 saturated carbocycles. The monoisotopic (exact) mass is 392 g/mol. The summed E-state index contributed by atoms with van der Waals surface area (Å²) < 4.78 is 27.4. The molecule has 5 nitrogen and oxygen atoms in total. The first-order valence-corrected chi connectivity index (χ1v) is 9.22. The van der Waals surface area contributed by atoms with Crippen LogP contribution in [0.15, 0.2) is 27.6 Å². The highest BCUT2D eigenvalue weighted by atomic mass is 79.9.